The molecule has 1 aromatic carbocycles. The molecule has 2 fully saturated rings. The normalized spacial score (nSPS) is 18.9. The third kappa shape index (κ3) is 7.34. The van der Waals surface area contributed by atoms with Crippen molar-refractivity contribution in [3.8, 4) is 0 Å². The van der Waals surface area contributed by atoms with Gasteiger partial charge < -0.3 is 15.5 Å². The van der Waals surface area contributed by atoms with Crippen molar-refractivity contribution in [2.24, 2.45) is 10.4 Å². The molecule has 2 aliphatic rings. The largest absolute Gasteiger partial charge is 0.355 e. The van der Waals surface area contributed by atoms with Crippen LogP contribution in [0.25, 0.3) is 0 Å². The molecule has 1 saturated carbocycles. The SMILES string of the molecule is CN=C(NCc1ccc(CN2CCCCC2)cc1)NCC1(C(=O)N(C)C)CCCC1.I. The maximum Gasteiger partial charge on any atom is 0.230 e. The van der Waals surface area contributed by atoms with Gasteiger partial charge in [-0.05, 0) is 49.9 Å². The van der Waals surface area contributed by atoms with E-state index in [4.69, 9.17) is 0 Å². The highest BCUT2D eigenvalue weighted by molar-refractivity contribution is 14.0. The topological polar surface area (TPSA) is 60.0 Å². The number of nitrogens with one attached hydrogen (secondary N) is 2. The van der Waals surface area contributed by atoms with Crippen molar-refractivity contribution in [3.63, 3.8) is 0 Å². The van der Waals surface area contributed by atoms with Gasteiger partial charge in [-0.25, -0.2) is 0 Å². The molecular formula is C24H40IN5O. The third-order valence-corrected chi connectivity index (χ3v) is 6.58. The van der Waals surface area contributed by atoms with Gasteiger partial charge in [0.05, 0.1) is 5.41 Å². The molecule has 0 radical (unpaired) electrons. The van der Waals surface area contributed by atoms with Crippen molar-refractivity contribution in [2.45, 2.75) is 58.0 Å². The number of nitrogens with zero attached hydrogens (tertiary/aromatic N) is 3. The fourth-order valence-electron chi connectivity index (χ4n) is 4.79. The zero-order valence-electron chi connectivity index (χ0n) is 19.5. The Morgan fingerprint density at radius 1 is 1.00 bits per heavy atom. The molecule has 0 spiro atoms. The van der Waals surface area contributed by atoms with Crippen LogP contribution in [0.5, 0.6) is 0 Å². The second-order valence-electron chi connectivity index (χ2n) is 9.12. The van der Waals surface area contributed by atoms with Gasteiger partial charge in [-0.2, -0.15) is 0 Å². The zero-order chi connectivity index (χ0) is 21.4. The van der Waals surface area contributed by atoms with Crippen molar-refractivity contribution < 1.29 is 4.79 Å². The van der Waals surface area contributed by atoms with E-state index < -0.39 is 0 Å². The van der Waals surface area contributed by atoms with E-state index in [1.54, 1.807) is 11.9 Å². The lowest BCUT2D eigenvalue weighted by Crippen LogP contribution is -2.49. The van der Waals surface area contributed by atoms with Crippen LogP contribution in [-0.4, -0.2) is 62.4 Å². The van der Waals surface area contributed by atoms with E-state index in [0.717, 1.165) is 44.7 Å². The number of piperidine rings is 1. The van der Waals surface area contributed by atoms with Crippen molar-refractivity contribution in [3.05, 3.63) is 35.4 Å². The molecule has 174 valence electrons. The van der Waals surface area contributed by atoms with Crippen molar-refractivity contribution in [2.75, 3.05) is 40.8 Å². The molecule has 3 rings (SSSR count). The molecule has 0 bridgehead atoms. The summed E-state index contributed by atoms with van der Waals surface area (Å²) >= 11 is 0. The van der Waals surface area contributed by atoms with Crippen LogP contribution in [0.2, 0.25) is 0 Å². The molecule has 1 aliphatic heterocycles. The summed E-state index contributed by atoms with van der Waals surface area (Å²) in [5.74, 6) is 0.984. The molecule has 1 amide bonds. The van der Waals surface area contributed by atoms with E-state index in [-0.39, 0.29) is 35.3 Å². The van der Waals surface area contributed by atoms with Gasteiger partial charge in [-0.3, -0.25) is 14.7 Å². The van der Waals surface area contributed by atoms with Gasteiger partial charge in [-0.15, -0.1) is 24.0 Å². The number of carbonyl (C=O) groups excluding carboxylic acids is 1. The van der Waals surface area contributed by atoms with Gasteiger partial charge in [0.15, 0.2) is 5.96 Å². The highest BCUT2D eigenvalue weighted by atomic mass is 127. The quantitative estimate of drug-likeness (QED) is 0.315. The minimum Gasteiger partial charge on any atom is -0.355 e. The molecule has 1 aromatic rings. The van der Waals surface area contributed by atoms with Gasteiger partial charge >= 0.3 is 0 Å². The number of likely N-dealkylation sites (tertiary alicyclic amines) is 1. The van der Waals surface area contributed by atoms with Gasteiger partial charge in [0.1, 0.15) is 0 Å². The standard InChI is InChI=1S/C24H39N5O.HI/c1-25-23(27-19-24(13-5-6-14-24)22(30)28(2)3)26-17-20-9-11-21(12-10-20)18-29-15-7-4-8-16-29;/h9-12H,4-8,13-19H2,1-3H3,(H2,25,26,27);1H. The van der Waals surface area contributed by atoms with Crippen molar-refractivity contribution in [1.29, 1.82) is 0 Å². The lowest BCUT2D eigenvalue weighted by atomic mass is 9.84. The number of hydrogen-bond donors (Lipinski definition) is 2. The monoisotopic (exact) mass is 541 g/mol. The molecule has 0 aromatic heterocycles. The summed E-state index contributed by atoms with van der Waals surface area (Å²) < 4.78 is 0. The Balaban J connectivity index is 0.00000341. The Kier molecular flexibility index (Phi) is 10.6. The maximum absolute atomic E-state index is 12.7. The van der Waals surface area contributed by atoms with Gasteiger partial charge in [0, 0.05) is 40.8 Å². The Morgan fingerprint density at radius 2 is 1.61 bits per heavy atom. The molecule has 7 heteroatoms. The van der Waals surface area contributed by atoms with Crippen LogP contribution in [0.4, 0.5) is 0 Å². The van der Waals surface area contributed by atoms with E-state index in [1.165, 1.54) is 43.5 Å². The highest BCUT2D eigenvalue weighted by Gasteiger charge is 2.42. The summed E-state index contributed by atoms with van der Waals surface area (Å²) in [6, 6.07) is 8.89. The van der Waals surface area contributed by atoms with Crippen LogP contribution in [0, 0.1) is 5.41 Å². The number of rotatable bonds is 7. The molecule has 6 nitrogen and oxygen atoms in total. The average molecular weight is 542 g/mol. The lowest BCUT2D eigenvalue weighted by Gasteiger charge is -2.31. The van der Waals surface area contributed by atoms with Crippen molar-refractivity contribution in [1.82, 2.24) is 20.4 Å². The number of amides is 1. The first-order chi connectivity index (χ1) is 14.5. The fourth-order valence-corrected chi connectivity index (χ4v) is 4.79. The van der Waals surface area contributed by atoms with Crippen LogP contribution in [0.1, 0.15) is 56.1 Å². The van der Waals surface area contributed by atoms with Crippen LogP contribution in [0.3, 0.4) is 0 Å². The number of halogens is 1. The number of carbonyl (C=O) groups is 1. The van der Waals surface area contributed by atoms with E-state index >= 15 is 0 Å². The van der Waals surface area contributed by atoms with Crippen molar-refractivity contribution >= 4 is 35.8 Å². The first-order valence-electron chi connectivity index (χ1n) is 11.5. The predicted octanol–water partition coefficient (Wildman–Crippen LogP) is 3.60. The summed E-state index contributed by atoms with van der Waals surface area (Å²) in [5.41, 5.74) is 2.32. The molecule has 1 aliphatic carbocycles. The second kappa shape index (κ2) is 12.6. The smallest absolute Gasteiger partial charge is 0.230 e. The van der Waals surface area contributed by atoms with Crippen LogP contribution in [0.15, 0.2) is 29.3 Å². The fraction of sp³-hybridized carbons (Fsp3) is 0.667. The van der Waals surface area contributed by atoms with E-state index in [2.05, 4.69) is 44.8 Å². The molecule has 1 heterocycles. The minimum absolute atomic E-state index is 0. The highest BCUT2D eigenvalue weighted by Crippen LogP contribution is 2.38. The molecule has 0 unspecified atom stereocenters. The number of hydrogen-bond acceptors (Lipinski definition) is 3. The Hall–Kier alpha value is -1.35. The van der Waals surface area contributed by atoms with Crippen LogP contribution < -0.4 is 10.6 Å². The minimum atomic E-state index is -0.294. The summed E-state index contributed by atoms with van der Waals surface area (Å²) in [6.07, 6.45) is 8.18. The van der Waals surface area contributed by atoms with Crippen LogP contribution >= 0.6 is 24.0 Å². The molecule has 0 atom stereocenters. The number of guanidine groups is 1. The molecule has 1 saturated heterocycles. The first kappa shape index (κ1) is 25.9. The Bertz CT molecular complexity index is 707. The number of benzene rings is 1. The van der Waals surface area contributed by atoms with Gasteiger partial charge in [-0.1, -0.05) is 43.5 Å². The Morgan fingerprint density at radius 3 is 2.19 bits per heavy atom. The average Bonchev–Trinajstić information content (AvgIpc) is 3.25. The summed E-state index contributed by atoms with van der Waals surface area (Å²) in [4.78, 5) is 21.4. The molecule has 2 N–H and O–H groups in total. The van der Waals surface area contributed by atoms with E-state index in [9.17, 15) is 4.79 Å². The molecule has 31 heavy (non-hydrogen) atoms. The number of aliphatic imine (C=N–C) groups is 1. The zero-order valence-corrected chi connectivity index (χ0v) is 21.8. The Labute approximate surface area is 205 Å². The second-order valence-corrected chi connectivity index (χ2v) is 9.12. The summed E-state index contributed by atoms with van der Waals surface area (Å²) in [7, 11) is 5.49. The van der Waals surface area contributed by atoms with Crippen LogP contribution in [-0.2, 0) is 17.9 Å². The van der Waals surface area contributed by atoms with E-state index in [0.29, 0.717) is 6.54 Å². The lowest BCUT2D eigenvalue weighted by molar-refractivity contribution is -0.138. The van der Waals surface area contributed by atoms with Gasteiger partial charge in [0.25, 0.3) is 0 Å². The molecular weight excluding hydrogens is 501 g/mol. The summed E-state index contributed by atoms with van der Waals surface area (Å²) in [5, 5.41) is 6.81. The van der Waals surface area contributed by atoms with Gasteiger partial charge in [0.2, 0.25) is 5.91 Å². The maximum atomic E-state index is 12.7. The third-order valence-electron chi connectivity index (χ3n) is 6.58. The predicted molar refractivity (Wildman–Crippen MR) is 139 cm³/mol. The van der Waals surface area contributed by atoms with E-state index in [1.807, 2.05) is 14.1 Å². The first-order valence-corrected chi connectivity index (χ1v) is 11.5. The summed E-state index contributed by atoms with van der Waals surface area (Å²) in [6.45, 7) is 4.86.